The molecule has 0 saturated heterocycles. The van der Waals surface area contributed by atoms with Gasteiger partial charge in [-0.1, -0.05) is 17.7 Å². The number of carbonyl (C=O) groups is 2. The van der Waals surface area contributed by atoms with Crippen molar-refractivity contribution in [1.29, 1.82) is 0 Å². The molecule has 0 spiro atoms. The fourth-order valence-corrected chi connectivity index (χ4v) is 4.18. The number of anilines is 1. The maximum atomic E-state index is 13.7. The van der Waals surface area contributed by atoms with E-state index in [1.54, 1.807) is 23.1 Å². The number of imidazole rings is 1. The summed E-state index contributed by atoms with van der Waals surface area (Å²) in [6.45, 7) is 4.84. The maximum absolute atomic E-state index is 13.7. The molecular weight excluding hydrogens is 537 g/mol. The standard InChI is InChI=1S/C25H24ClF3N8O2/c1-3-37(4-2)24(39)15-7-5-13(9-16(15)26)10-33-23(38)22-32-12-18(34-22)19-20(17-8-6-14(30)11-31-17)35-36-21(19)25(27,28)29/h5-9,11-12H,3-4,10,30H2,1-2H3,(H,32,34)(H,33,38)(H,35,36). The lowest BCUT2D eigenvalue weighted by Gasteiger charge is -2.19. The van der Waals surface area contributed by atoms with Gasteiger partial charge in [0.15, 0.2) is 5.82 Å². The van der Waals surface area contributed by atoms with E-state index in [2.05, 4.69) is 25.4 Å². The van der Waals surface area contributed by atoms with Gasteiger partial charge in [0, 0.05) is 19.6 Å². The number of nitrogens with two attached hydrogens (primary N) is 1. The normalized spacial score (nSPS) is 11.4. The van der Waals surface area contributed by atoms with Gasteiger partial charge in [-0.3, -0.25) is 19.7 Å². The maximum Gasteiger partial charge on any atom is 0.433 e. The van der Waals surface area contributed by atoms with Crippen molar-refractivity contribution < 1.29 is 22.8 Å². The van der Waals surface area contributed by atoms with Crippen LogP contribution in [0.4, 0.5) is 18.9 Å². The van der Waals surface area contributed by atoms with Crippen molar-refractivity contribution in [3.05, 3.63) is 70.4 Å². The molecule has 4 aromatic rings. The Morgan fingerprint density at radius 2 is 1.85 bits per heavy atom. The Morgan fingerprint density at radius 3 is 2.46 bits per heavy atom. The molecule has 204 valence electrons. The summed E-state index contributed by atoms with van der Waals surface area (Å²) < 4.78 is 41.2. The van der Waals surface area contributed by atoms with Crippen LogP contribution in [-0.2, 0) is 12.7 Å². The molecule has 0 radical (unpaired) electrons. The summed E-state index contributed by atoms with van der Waals surface area (Å²) >= 11 is 6.31. The Labute approximate surface area is 225 Å². The van der Waals surface area contributed by atoms with E-state index in [0.29, 0.717) is 29.9 Å². The number of nitrogen functional groups attached to an aromatic ring is 1. The van der Waals surface area contributed by atoms with Crippen molar-refractivity contribution in [3.63, 3.8) is 0 Å². The van der Waals surface area contributed by atoms with Crippen molar-refractivity contribution >= 4 is 29.1 Å². The molecule has 3 heterocycles. The molecule has 0 atom stereocenters. The van der Waals surface area contributed by atoms with Crippen LogP contribution in [0.1, 0.15) is 46.1 Å². The van der Waals surface area contributed by atoms with E-state index in [0.717, 1.165) is 6.20 Å². The predicted octanol–water partition coefficient (Wildman–Crippen LogP) is 4.53. The summed E-state index contributed by atoms with van der Waals surface area (Å²) in [6.07, 6.45) is -2.36. The molecular formula is C25H24ClF3N8O2. The van der Waals surface area contributed by atoms with Gasteiger partial charge in [0.1, 0.15) is 11.4 Å². The van der Waals surface area contributed by atoms with E-state index >= 15 is 0 Å². The Hall–Kier alpha value is -4.39. The summed E-state index contributed by atoms with van der Waals surface area (Å²) in [7, 11) is 0. The van der Waals surface area contributed by atoms with Gasteiger partial charge in [-0.05, 0) is 43.7 Å². The van der Waals surface area contributed by atoms with Crippen molar-refractivity contribution in [1.82, 2.24) is 35.4 Å². The summed E-state index contributed by atoms with van der Waals surface area (Å²) in [5.41, 5.74) is 5.43. The smallest absolute Gasteiger partial charge is 0.397 e. The molecule has 1 aromatic carbocycles. The number of halogens is 4. The average molecular weight is 561 g/mol. The van der Waals surface area contributed by atoms with E-state index in [9.17, 15) is 22.8 Å². The number of benzene rings is 1. The van der Waals surface area contributed by atoms with E-state index in [4.69, 9.17) is 17.3 Å². The lowest BCUT2D eigenvalue weighted by atomic mass is 10.1. The van der Waals surface area contributed by atoms with Crippen molar-refractivity contribution in [2.24, 2.45) is 0 Å². The number of nitrogens with zero attached hydrogens (tertiary/aromatic N) is 4. The van der Waals surface area contributed by atoms with E-state index in [1.807, 2.05) is 18.9 Å². The highest BCUT2D eigenvalue weighted by Crippen LogP contribution is 2.40. The van der Waals surface area contributed by atoms with Crippen LogP contribution in [0.15, 0.2) is 42.7 Å². The Bertz CT molecular complexity index is 1490. The van der Waals surface area contributed by atoms with Gasteiger partial charge in [0.2, 0.25) is 0 Å². The van der Waals surface area contributed by atoms with Crippen LogP contribution in [0.2, 0.25) is 5.02 Å². The third kappa shape index (κ3) is 5.87. The number of rotatable bonds is 8. The molecule has 0 aliphatic rings. The van der Waals surface area contributed by atoms with E-state index in [-0.39, 0.29) is 45.9 Å². The Morgan fingerprint density at radius 1 is 1.10 bits per heavy atom. The van der Waals surface area contributed by atoms with Gasteiger partial charge >= 0.3 is 6.18 Å². The SMILES string of the molecule is CCN(CC)C(=O)c1ccc(CNC(=O)c2ncc(-c3c(-c4ccc(N)cn4)n[nH]c3C(F)(F)F)[nH]2)cc1Cl. The number of amides is 2. The molecule has 4 rings (SSSR count). The second kappa shape index (κ2) is 11.2. The van der Waals surface area contributed by atoms with Gasteiger partial charge in [-0.2, -0.15) is 18.3 Å². The number of nitrogens with one attached hydrogen (secondary N) is 3. The molecule has 3 aromatic heterocycles. The number of pyridine rings is 1. The van der Waals surface area contributed by atoms with E-state index < -0.39 is 17.8 Å². The molecule has 39 heavy (non-hydrogen) atoms. The van der Waals surface area contributed by atoms with Crippen LogP contribution in [0.5, 0.6) is 0 Å². The molecule has 0 aliphatic carbocycles. The predicted molar refractivity (Wildman–Crippen MR) is 139 cm³/mol. The highest BCUT2D eigenvalue weighted by atomic mass is 35.5. The summed E-state index contributed by atoms with van der Waals surface area (Å²) in [5, 5.41) is 8.68. The van der Waals surface area contributed by atoms with Crippen molar-refractivity contribution in [2.45, 2.75) is 26.6 Å². The second-order valence-corrected chi connectivity index (χ2v) is 8.82. The molecule has 2 amide bonds. The number of aromatic nitrogens is 5. The Balaban J connectivity index is 1.54. The van der Waals surface area contributed by atoms with Crippen LogP contribution in [0.25, 0.3) is 22.6 Å². The van der Waals surface area contributed by atoms with Gasteiger partial charge in [0.05, 0.1) is 45.6 Å². The zero-order valence-electron chi connectivity index (χ0n) is 20.9. The first-order valence-electron chi connectivity index (χ1n) is 11.8. The minimum atomic E-state index is -4.76. The van der Waals surface area contributed by atoms with Gasteiger partial charge in [-0.25, -0.2) is 4.98 Å². The first-order chi connectivity index (χ1) is 18.5. The first-order valence-corrected chi connectivity index (χ1v) is 12.2. The van der Waals surface area contributed by atoms with Crippen molar-refractivity contribution in [3.8, 4) is 22.6 Å². The molecule has 0 saturated carbocycles. The molecule has 0 aliphatic heterocycles. The average Bonchev–Trinajstić information content (AvgIpc) is 3.56. The lowest BCUT2D eigenvalue weighted by Crippen LogP contribution is -2.30. The zero-order valence-corrected chi connectivity index (χ0v) is 21.6. The number of hydrogen-bond donors (Lipinski definition) is 4. The number of H-pyrrole nitrogens is 2. The molecule has 0 unspecified atom stereocenters. The summed E-state index contributed by atoms with van der Waals surface area (Å²) in [4.78, 5) is 37.6. The van der Waals surface area contributed by atoms with Crippen LogP contribution in [0, 0.1) is 0 Å². The fourth-order valence-electron chi connectivity index (χ4n) is 3.89. The zero-order chi connectivity index (χ0) is 28.3. The van der Waals surface area contributed by atoms with Crippen LogP contribution in [0.3, 0.4) is 0 Å². The molecule has 0 bridgehead atoms. The van der Waals surface area contributed by atoms with Crippen LogP contribution in [-0.4, -0.2) is 55.0 Å². The summed E-state index contributed by atoms with van der Waals surface area (Å²) in [6, 6.07) is 7.73. The minimum Gasteiger partial charge on any atom is -0.397 e. The van der Waals surface area contributed by atoms with Gasteiger partial charge in [0.25, 0.3) is 11.8 Å². The number of carbonyl (C=O) groups excluding carboxylic acids is 2. The largest absolute Gasteiger partial charge is 0.433 e. The highest BCUT2D eigenvalue weighted by Gasteiger charge is 2.39. The topological polar surface area (TPSA) is 146 Å². The third-order valence-electron chi connectivity index (χ3n) is 5.91. The van der Waals surface area contributed by atoms with Gasteiger partial charge in [-0.15, -0.1) is 0 Å². The fraction of sp³-hybridized carbons (Fsp3) is 0.240. The molecule has 0 fully saturated rings. The monoisotopic (exact) mass is 560 g/mol. The molecule has 14 heteroatoms. The number of alkyl halides is 3. The Kier molecular flexibility index (Phi) is 7.90. The molecule has 5 N–H and O–H groups in total. The summed E-state index contributed by atoms with van der Waals surface area (Å²) in [5.74, 6) is -1.07. The van der Waals surface area contributed by atoms with Crippen LogP contribution >= 0.6 is 11.6 Å². The van der Waals surface area contributed by atoms with E-state index in [1.165, 1.54) is 18.3 Å². The number of aromatic amines is 2. The third-order valence-corrected chi connectivity index (χ3v) is 6.22. The molecule has 10 nitrogen and oxygen atoms in total. The highest BCUT2D eigenvalue weighted by molar-refractivity contribution is 6.33. The van der Waals surface area contributed by atoms with Crippen LogP contribution < -0.4 is 11.1 Å². The number of hydrogen-bond acceptors (Lipinski definition) is 6. The minimum absolute atomic E-state index is 0.0362. The van der Waals surface area contributed by atoms with Crippen molar-refractivity contribution in [2.75, 3.05) is 18.8 Å². The quantitative estimate of drug-likeness (QED) is 0.249. The van der Waals surface area contributed by atoms with Gasteiger partial charge < -0.3 is 20.9 Å². The first kappa shape index (κ1) is 27.6. The second-order valence-electron chi connectivity index (χ2n) is 8.42. The lowest BCUT2D eigenvalue weighted by molar-refractivity contribution is -0.140.